The summed E-state index contributed by atoms with van der Waals surface area (Å²) >= 11 is 0. The van der Waals surface area contributed by atoms with Crippen molar-refractivity contribution < 1.29 is 14.7 Å². The third kappa shape index (κ3) is 4.74. The van der Waals surface area contributed by atoms with Crippen LogP contribution in [0.2, 0.25) is 0 Å². The fourth-order valence-corrected chi connectivity index (χ4v) is 5.34. The average molecular weight is 491 g/mol. The number of aryl methyl sites for hydroxylation is 2. The molecule has 2 aliphatic carbocycles. The number of carbonyl (C=O) groups excluding carboxylic acids is 2. The number of H-pyrrole nitrogens is 1. The van der Waals surface area contributed by atoms with E-state index >= 15 is 0 Å². The molecule has 0 aliphatic heterocycles. The fraction of sp³-hybridized carbons (Fsp3) is 0.481. The van der Waals surface area contributed by atoms with Gasteiger partial charge in [-0.25, -0.2) is 0 Å². The summed E-state index contributed by atoms with van der Waals surface area (Å²) in [4.78, 5) is 26.9. The van der Waals surface area contributed by atoms with Gasteiger partial charge in [0.1, 0.15) is 17.5 Å². The third-order valence-electron chi connectivity index (χ3n) is 7.34. The molecule has 1 aromatic carbocycles. The molecular formula is C27H34N6O3. The first-order valence-corrected chi connectivity index (χ1v) is 12.7. The lowest BCUT2D eigenvalue weighted by Gasteiger charge is -2.28. The van der Waals surface area contributed by atoms with E-state index in [1.165, 1.54) is 0 Å². The zero-order valence-corrected chi connectivity index (χ0v) is 21.2. The first kappa shape index (κ1) is 24.1. The molecule has 1 unspecified atom stereocenters. The minimum absolute atomic E-state index is 0.0275. The molecule has 2 fully saturated rings. The number of amides is 2. The molecule has 2 amide bonds. The van der Waals surface area contributed by atoms with Gasteiger partial charge in [0.2, 0.25) is 5.91 Å². The summed E-state index contributed by atoms with van der Waals surface area (Å²) in [5, 5.41) is 28.2. The van der Waals surface area contributed by atoms with Gasteiger partial charge in [0, 0.05) is 40.8 Å². The molecule has 2 aliphatic rings. The summed E-state index contributed by atoms with van der Waals surface area (Å²) in [6.45, 7) is 7.71. The largest absolute Gasteiger partial charge is 0.507 e. The molecule has 2 aromatic heterocycles. The second kappa shape index (κ2) is 9.44. The second-order valence-corrected chi connectivity index (χ2v) is 10.5. The summed E-state index contributed by atoms with van der Waals surface area (Å²) in [5.41, 5.74) is 4.08. The highest BCUT2D eigenvalue weighted by Gasteiger charge is 2.48. The fourth-order valence-electron chi connectivity index (χ4n) is 5.34. The van der Waals surface area contributed by atoms with E-state index in [4.69, 9.17) is 0 Å². The molecule has 0 radical (unpaired) electrons. The third-order valence-corrected chi connectivity index (χ3v) is 7.34. The smallest absolute Gasteiger partial charge is 0.270 e. The first-order chi connectivity index (χ1) is 17.2. The van der Waals surface area contributed by atoms with Crippen molar-refractivity contribution in [2.45, 2.75) is 65.5 Å². The number of aromatic amines is 1. The zero-order chi connectivity index (χ0) is 25.6. The standard InChI is InChI=1S/C27H34N6O3/c1-14(2)33-21(11-12-28-33)26(35)30-25(24(17-5-6-17)18-7-8-18)27(36)29-19-9-10-20(22(34)13-19)23-15(3)31-32-16(23)4/h9-14,17-18,24-25,34H,5-8H2,1-4H3,(H,29,36)(H,30,35)(H,31,32). The lowest BCUT2D eigenvalue weighted by atomic mass is 9.88. The van der Waals surface area contributed by atoms with E-state index in [2.05, 4.69) is 25.9 Å². The molecule has 5 rings (SSSR count). The van der Waals surface area contributed by atoms with Crippen molar-refractivity contribution in [1.82, 2.24) is 25.3 Å². The number of carbonyl (C=O) groups is 2. The summed E-state index contributed by atoms with van der Waals surface area (Å²) in [5.74, 6) is 0.510. The Morgan fingerprint density at radius 2 is 1.81 bits per heavy atom. The molecule has 4 N–H and O–H groups in total. The van der Waals surface area contributed by atoms with Gasteiger partial charge in [0.15, 0.2) is 0 Å². The topological polar surface area (TPSA) is 125 Å². The summed E-state index contributed by atoms with van der Waals surface area (Å²) < 4.78 is 1.67. The van der Waals surface area contributed by atoms with Crippen LogP contribution in [0, 0.1) is 31.6 Å². The number of anilines is 1. The Hall–Kier alpha value is -3.62. The highest BCUT2D eigenvalue weighted by atomic mass is 16.3. The van der Waals surface area contributed by atoms with Crippen molar-refractivity contribution in [3.8, 4) is 16.9 Å². The molecule has 2 heterocycles. The number of hydrogen-bond acceptors (Lipinski definition) is 5. The Labute approximate surface area is 210 Å². The van der Waals surface area contributed by atoms with Crippen LogP contribution in [-0.2, 0) is 4.79 Å². The van der Waals surface area contributed by atoms with Gasteiger partial charge in [-0.3, -0.25) is 19.4 Å². The van der Waals surface area contributed by atoms with Gasteiger partial charge < -0.3 is 15.7 Å². The summed E-state index contributed by atoms with van der Waals surface area (Å²) in [6, 6.07) is 6.16. The number of nitrogens with one attached hydrogen (secondary N) is 3. The van der Waals surface area contributed by atoms with Gasteiger partial charge >= 0.3 is 0 Å². The number of aromatic nitrogens is 4. The van der Waals surface area contributed by atoms with E-state index in [-0.39, 0.29) is 29.5 Å². The predicted octanol–water partition coefficient (Wildman–Crippen LogP) is 4.35. The molecule has 1 atom stereocenters. The first-order valence-electron chi connectivity index (χ1n) is 12.7. The van der Waals surface area contributed by atoms with Gasteiger partial charge in [-0.05, 0) is 89.3 Å². The molecule has 0 bridgehead atoms. The predicted molar refractivity (Wildman–Crippen MR) is 137 cm³/mol. The van der Waals surface area contributed by atoms with E-state index in [1.807, 2.05) is 27.7 Å². The lowest BCUT2D eigenvalue weighted by Crippen LogP contribution is -2.50. The van der Waals surface area contributed by atoms with Gasteiger partial charge in [-0.15, -0.1) is 0 Å². The zero-order valence-electron chi connectivity index (χ0n) is 21.2. The number of rotatable bonds is 9. The second-order valence-electron chi connectivity index (χ2n) is 10.5. The molecule has 0 spiro atoms. The van der Waals surface area contributed by atoms with Crippen LogP contribution >= 0.6 is 0 Å². The molecule has 9 nitrogen and oxygen atoms in total. The van der Waals surface area contributed by atoms with Crippen LogP contribution in [0.5, 0.6) is 5.75 Å². The molecule has 190 valence electrons. The maximum Gasteiger partial charge on any atom is 0.270 e. The number of aromatic hydroxyl groups is 1. The Morgan fingerprint density at radius 1 is 1.11 bits per heavy atom. The summed E-state index contributed by atoms with van der Waals surface area (Å²) in [7, 11) is 0. The van der Waals surface area contributed by atoms with Crippen molar-refractivity contribution in [2.75, 3.05) is 5.32 Å². The van der Waals surface area contributed by atoms with Crippen LogP contribution in [0.1, 0.15) is 67.4 Å². The van der Waals surface area contributed by atoms with E-state index in [0.29, 0.717) is 28.8 Å². The van der Waals surface area contributed by atoms with Crippen molar-refractivity contribution in [1.29, 1.82) is 0 Å². The highest BCUT2D eigenvalue weighted by molar-refractivity contribution is 6.01. The van der Waals surface area contributed by atoms with Crippen molar-refractivity contribution in [3.05, 3.63) is 47.5 Å². The van der Waals surface area contributed by atoms with E-state index in [0.717, 1.165) is 42.6 Å². The quantitative estimate of drug-likeness (QED) is 0.355. The van der Waals surface area contributed by atoms with Crippen LogP contribution in [0.25, 0.3) is 11.1 Å². The van der Waals surface area contributed by atoms with Gasteiger partial charge in [0.25, 0.3) is 5.91 Å². The van der Waals surface area contributed by atoms with Gasteiger partial charge in [-0.1, -0.05) is 0 Å². The Bertz CT molecular complexity index is 1250. The summed E-state index contributed by atoms with van der Waals surface area (Å²) in [6.07, 6.45) is 5.96. The Morgan fingerprint density at radius 3 is 2.36 bits per heavy atom. The highest BCUT2D eigenvalue weighted by Crippen LogP contribution is 2.51. The number of hydrogen-bond donors (Lipinski definition) is 4. The minimum atomic E-state index is -0.659. The van der Waals surface area contributed by atoms with Crippen molar-refractivity contribution in [2.24, 2.45) is 17.8 Å². The van der Waals surface area contributed by atoms with E-state index in [1.54, 1.807) is 35.1 Å². The van der Waals surface area contributed by atoms with Crippen LogP contribution in [0.3, 0.4) is 0 Å². The van der Waals surface area contributed by atoms with Crippen LogP contribution < -0.4 is 10.6 Å². The Kier molecular flexibility index (Phi) is 6.32. The SMILES string of the molecule is Cc1n[nH]c(C)c1-c1ccc(NC(=O)C(NC(=O)c2ccnn2C(C)C)C(C2CC2)C2CC2)cc1O. The van der Waals surface area contributed by atoms with Crippen molar-refractivity contribution in [3.63, 3.8) is 0 Å². The van der Waals surface area contributed by atoms with Crippen LogP contribution in [-0.4, -0.2) is 42.9 Å². The molecular weight excluding hydrogens is 456 g/mol. The number of benzene rings is 1. The van der Waals surface area contributed by atoms with E-state index in [9.17, 15) is 14.7 Å². The molecule has 9 heteroatoms. The molecule has 0 saturated heterocycles. The van der Waals surface area contributed by atoms with Gasteiger partial charge in [0.05, 0.1) is 5.69 Å². The van der Waals surface area contributed by atoms with Gasteiger partial charge in [-0.2, -0.15) is 10.2 Å². The molecule has 3 aromatic rings. The monoisotopic (exact) mass is 490 g/mol. The number of nitrogens with zero attached hydrogens (tertiary/aromatic N) is 3. The maximum absolute atomic E-state index is 13.6. The molecule has 36 heavy (non-hydrogen) atoms. The normalized spacial score (nSPS) is 16.4. The van der Waals surface area contributed by atoms with Crippen LogP contribution in [0.4, 0.5) is 5.69 Å². The Balaban J connectivity index is 1.39. The van der Waals surface area contributed by atoms with Crippen LogP contribution in [0.15, 0.2) is 30.5 Å². The number of phenolic OH excluding ortho intramolecular Hbond substituents is 1. The maximum atomic E-state index is 13.6. The minimum Gasteiger partial charge on any atom is -0.507 e. The van der Waals surface area contributed by atoms with Crippen molar-refractivity contribution >= 4 is 17.5 Å². The average Bonchev–Trinajstić information content (AvgIpc) is 3.76. The lowest BCUT2D eigenvalue weighted by molar-refractivity contribution is -0.119. The molecule has 2 saturated carbocycles. The van der Waals surface area contributed by atoms with E-state index < -0.39 is 6.04 Å². The number of phenols is 1.